The van der Waals surface area contributed by atoms with Crippen LogP contribution in [0.25, 0.3) is 0 Å². The molecule has 0 saturated carbocycles. The zero-order chi connectivity index (χ0) is 17.5. The van der Waals surface area contributed by atoms with Crippen LogP contribution in [0.5, 0.6) is 5.75 Å². The second kappa shape index (κ2) is 8.67. The summed E-state index contributed by atoms with van der Waals surface area (Å²) in [7, 11) is 3.57. The van der Waals surface area contributed by atoms with Gasteiger partial charge in [0, 0.05) is 25.0 Å². The topological polar surface area (TPSA) is 71.1 Å². The van der Waals surface area contributed by atoms with Crippen molar-refractivity contribution in [1.29, 1.82) is 0 Å². The maximum Gasteiger partial charge on any atom is 0.229 e. The number of benzene rings is 1. The zero-order valence-corrected chi connectivity index (χ0v) is 15.0. The number of aromatic nitrogens is 2. The second-order valence-electron chi connectivity index (χ2n) is 6.35. The molecule has 134 valence electrons. The highest BCUT2D eigenvalue weighted by atomic mass is 16.5. The predicted molar refractivity (Wildman–Crippen MR) is 102 cm³/mol. The van der Waals surface area contributed by atoms with E-state index in [1.807, 2.05) is 25.2 Å². The molecule has 1 aliphatic heterocycles. The summed E-state index contributed by atoms with van der Waals surface area (Å²) in [4.78, 5) is 8.67. The molecule has 0 unspecified atom stereocenters. The Labute approximate surface area is 149 Å². The lowest BCUT2D eigenvalue weighted by atomic mass is 10.0. The van der Waals surface area contributed by atoms with Crippen molar-refractivity contribution < 1.29 is 4.74 Å². The van der Waals surface area contributed by atoms with E-state index < -0.39 is 0 Å². The maximum absolute atomic E-state index is 5.52. The van der Waals surface area contributed by atoms with Gasteiger partial charge in [-0.1, -0.05) is 0 Å². The SMILES string of the molecule is CNc1ccnc(Nc2ccc(OC)c(CCC[C@H]3CCCN3)c2)n1. The molecule has 2 aromatic rings. The third-order valence-corrected chi connectivity index (χ3v) is 4.61. The Hall–Kier alpha value is -2.34. The highest BCUT2D eigenvalue weighted by molar-refractivity contribution is 5.58. The van der Waals surface area contributed by atoms with Gasteiger partial charge in [0.2, 0.25) is 5.95 Å². The van der Waals surface area contributed by atoms with Crippen LogP contribution >= 0.6 is 0 Å². The van der Waals surface area contributed by atoms with Gasteiger partial charge in [0.1, 0.15) is 11.6 Å². The normalized spacial score (nSPS) is 16.6. The Morgan fingerprint density at radius 1 is 1.32 bits per heavy atom. The molecule has 1 aromatic heterocycles. The van der Waals surface area contributed by atoms with Gasteiger partial charge >= 0.3 is 0 Å². The molecule has 1 atom stereocenters. The number of aryl methyl sites for hydroxylation is 1. The van der Waals surface area contributed by atoms with Crippen molar-refractivity contribution in [1.82, 2.24) is 15.3 Å². The summed E-state index contributed by atoms with van der Waals surface area (Å²) >= 11 is 0. The monoisotopic (exact) mass is 341 g/mol. The summed E-state index contributed by atoms with van der Waals surface area (Å²) in [6.07, 6.45) is 7.72. The molecule has 0 spiro atoms. The van der Waals surface area contributed by atoms with Crippen LogP contribution in [0.2, 0.25) is 0 Å². The number of hydrogen-bond acceptors (Lipinski definition) is 6. The molecule has 0 aliphatic carbocycles. The third kappa shape index (κ3) is 4.82. The first-order chi connectivity index (χ1) is 12.3. The van der Waals surface area contributed by atoms with E-state index in [4.69, 9.17) is 4.74 Å². The Morgan fingerprint density at radius 3 is 3.00 bits per heavy atom. The van der Waals surface area contributed by atoms with Crippen LogP contribution in [0.4, 0.5) is 17.5 Å². The van der Waals surface area contributed by atoms with Crippen LogP contribution in [0.15, 0.2) is 30.5 Å². The van der Waals surface area contributed by atoms with Gasteiger partial charge in [0.25, 0.3) is 0 Å². The lowest BCUT2D eigenvalue weighted by Gasteiger charge is -2.13. The highest BCUT2D eigenvalue weighted by Gasteiger charge is 2.14. The molecule has 2 heterocycles. The Morgan fingerprint density at radius 2 is 2.24 bits per heavy atom. The molecule has 1 saturated heterocycles. The van der Waals surface area contributed by atoms with Gasteiger partial charge in [-0.25, -0.2) is 4.98 Å². The summed E-state index contributed by atoms with van der Waals surface area (Å²) in [5, 5.41) is 9.85. The minimum Gasteiger partial charge on any atom is -0.496 e. The molecule has 6 heteroatoms. The molecule has 3 rings (SSSR count). The molecule has 0 bridgehead atoms. The van der Waals surface area contributed by atoms with Gasteiger partial charge in [0.05, 0.1) is 7.11 Å². The van der Waals surface area contributed by atoms with Gasteiger partial charge in [-0.2, -0.15) is 4.98 Å². The molecule has 1 fully saturated rings. The summed E-state index contributed by atoms with van der Waals surface area (Å²) in [5.74, 6) is 2.31. The lowest BCUT2D eigenvalue weighted by molar-refractivity contribution is 0.408. The smallest absolute Gasteiger partial charge is 0.229 e. The molecule has 0 amide bonds. The fourth-order valence-electron chi connectivity index (χ4n) is 3.28. The van der Waals surface area contributed by atoms with Gasteiger partial charge in [-0.15, -0.1) is 0 Å². The standard InChI is InChI=1S/C19H27N5O/c1-20-18-10-12-22-19(24-18)23-16-8-9-17(25-2)14(13-16)5-3-6-15-7-4-11-21-15/h8-10,12-13,15,21H,3-7,11H2,1-2H3,(H2,20,22,23,24)/t15-/m0/s1. The van der Waals surface area contributed by atoms with E-state index in [0.717, 1.165) is 30.1 Å². The number of hydrogen-bond donors (Lipinski definition) is 3. The van der Waals surface area contributed by atoms with E-state index in [-0.39, 0.29) is 0 Å². The maximum atomic E-state index is 5.52. The Bertz CT molecular complexity index is 685. The minimum atomic E-state index is 0.582. The van der Waals surface area contributed by atoms with Gasteiger partial charge in [-0.3, -0.25) is 0 Å². The average molecular weight is 341 g/mol. The second-order valence-corrected chi connectivity index (χ2v) is 6.35. The van der Waals surface area contributed by atoms with Gasteiger partial charge in [0.15, 0.2) is 0 Å². The fraction of sp³-hybridized carbons (Fsp3) is 0.474. The molecular weight excluding hydrogens is 314 g/mol. The van der Waals surface area contributed by atoms with Crippen molar-refractivity contribution in [3.8, 4) is 5.75 Å². The molecule has 1 aromatic carbocycles. The van der Waals surface area contributed by atoms with E-state index in [1.54, 1.807) is 13.3 Å². The summed E-state index contributed by atoms with van der Waals surface area (Å²) in [5.41, 5.74) is 2.19. The fourth-order valence-corrected chi connectivity index (χ4v) is 3.28. The number of nitrogens with zero attached hydrogens (tertiary/aromatic N) is 2. The summed E-state index contributed by atoms with van der Waals surface area (Å²) in [6, 6.07) is 8.66. The van der Waals surface area contributed by atoms with E-state index in [9.17, 15) is 0 Å². The first-order valence-electron chi connectivity index (χ1n) is 8.96. The zero-order valence-electron chi connectivity index (χ0n) is 15.0. The van der Waals surface area contributed by atoms with Crippen molar-refractivity contribution in [2.75, 3.05) is 31.3 Å². The predicted octanol–water partition coefficient (Wildman–Crippen LogP) is 3.35. The quantitative estimate of drug-likeness (QED) is 0.684. The highest BCUT2D eigenvalue weighted by Crippen LogP contribution is 2.26. The Kier molecular flexibility index (Phi) is 6.06. The molecule has 25 heavy (non-hydrogen) atoms. The molecule has 1 aliphatic rings. The van der Waals surface area contributed by atoms with Crippen molar-refractivity contribution in [3.63, 3.8) is 0 Å². The van der Waals surface area contributed by atoms with Crippen LogP contribution in [0, 0.1) is 0 Å². The number of anilines is 3. The summed E-state index contributed by atoms with van der Waals surface area (Å²) in [6.45, 7) is 1.17. The lowest BCUT2D eigenvalue weighted by Crippen LogP contribution is -2.21. The van der Waals surface area contributed by atoms with Crippen molar-refractivity contribution in [2.45, 2.75) is 38.1 Å². The first-order valence-corrected chi connectivity index (χ1v) is 8.96. The van der Waals surface area contributed by atoms with Crippen LogP contribution < -0.4 is 20.7 Å². The third-order valence-electron chi connectivity index (χ3n) is 4.61. The van der Waals surface area contributed by atoms with Gasteiger partial charge in [-0.05, 0) is 68.5 Å². The number of rotatable bonds is 8. The van der Waals surface area contributed by atoms with E-state index in [1.165, 1.54) is 31.4 Å². The molecule has 6 nitrogen and oxygen atoms in total. The van der Waals surface area contributed by atoms with Crippen molar-refractivity contribution >= 4 is 17.5 Å². The average Bonchev–Trinajstić information content (AvgIpc) is 3.16. The van der Waals surface area contributed by atoms with Gasteiger partial charge < -0.3 is 20.7 Å². The first kappa shape index (κ1) is 17.5. The molecular formula is C19H27N5O. The van der Waals surface area contributed by atoms with E-state index >= 15 is 0 Å². The molecule has 0 radical (unpaired) electrons. The van der Waals surface area contributed by atoms with Crippen LogP contribution in [-0.2, 0) is 6.42 Å². The van der Waals surface area contributed by atoms with Crippen LogP contribution in [0.1, 0.15) is 31.2 Å². The summed E-state index contributed by atoms with van der Waals surface area (Å²) < 4.78 is 5.52. The van der Waals surface area contributed by atoms with Crippen molar-refractivity contribution in [3.05, 3.63) is 36.0 Å². The van der Waals surface area contributed by atoms with Crippen LogP contribution in [-0.4, -0.2) is 36.7 Å². The van der Waals surface area contributed by atoms with E-state index in [0.29, 0.717) is 12.0 Å². The number of ether oxygens (including phenoxy) is 1. The number of methoxy groups -OCH3 is 1. The molecule has 3 N–H and O–H groups in total. The van der Waals surface area contributed by atoms with Crippen LogP contribution in [0.3, 0.4) is 0 Å². The minimum absolute atomic E-state index is 0.582. The van der Waals surface area contributed by atoms with Crippen molar-refractivity contribution in [2.24, 2.45) is 0 Å². The largest absolute Gasteiger partial charge is 0.496 e. The van der Waals surface area contributed by atoms with E-state index in [2.05, 4.69) is 32.0 Å². The number of nitrogens with one attached hydrogen (secondary N) is 3. The Balaban J connectivity index is 1.65.